The van der Waals surface area contributed by atoms with Crippen LogP contribution in [0.1, 0.15) is 0 Å². The number of hydrogen-bond acceptors (Lipinski definition) is 4. The fourth-order valence-electron chi connectivity index (χ4n) is 2.14. The lowest BCUT2D eigenvalue weighted by molar-refractivity contribution is 0.439. The largest absolute Gasteiger partial charge is 0.367 e. The predicted molar refractivity (Wildman–Crippen MR) is 91.3 cm³/mol. The van der Waals surface area contributed by atoms with E-state index in [0.29, 0.717) is 5.88 Å². The fraction of sp³-hybridized carbons (Fsp3) is 0.0625. The van der Waals surface area contributed by atoms with Crippen molar-refractivity contribution >= 4 is 33.6 Å². The van der Waals surface area contributed by atoms with E-state index in [1.165, 1.54) is 4.90 Å². The molecule has 0 bridgehead atoms. The molecule has 0 unspecified atom stereocenters. The van der Waals surface area contributed by atoms with Gasteiger partial charge >= 0.3 is 0 Å². The van der Waals surface area contributed by atoms with Crippen LogP contribution in [0.2, 0.25) is 0 Å². The van der Waals surface area contributed by atoms with Crippen LogP contribution in [0.25, 0.3) is 22.4 Å². The number of nitrogens with two attached hydrogens (primary N) is 1. The average molecular weight is 361 g/mol. The molecule has 1 heterocycles. The number of nitrogens with zero attached hydrogens (tertiary/aromatic N) is 1. The van der Waals surface area contributed by atoms with E-state index >= 15 is 0 Å². The first kappa shape index (κ1) is 14.2. The third-order valence-electron chi connectivity index (χ3n) is 3.21. The van der Waals surface area contributed by atoms with Gasteiger partial charge in [-0.05, 0) is 36.1 Å². The van der Waals surface area contributed by atoms with Gasteiger partial charge in [0.2, 0.25) is 5.88 Å². The number of halogens is 1. The molecule has 0 saturated heterocycles. The molecule has 0 aliphatic carbocycles. The SMILES string of the molecule is CSc1ccc(-c2noc(N)c2-c2ccc(Br)cc2)cc1. The van der Waals surface area contributed by atoms with Gasteiger partial charge in [-0.25, -0.2) is 0 Å². The summed E-state index contributed by atoms with van der Waals surface area (Å²) in [7, 11) is 0. The average Bonchev–Trinajstić information content (AvgIpc) is 2.90. The van der Waals surface area contributed by atoms with E-state index in [9.17, 15) is 0 Å². The topological polar surface area (TPSA) is 52.0 Å². The maximum atomic E-state index is 5.96. The summed E-state index contributed by atoms with van der Waals surface area (Å²) in [5, 5.41) is 4.12. The summed E-state index contributed by atoms with van der Waals surface area (Å²) in [6.07, 6.45) is 2.05. The van der Waals surface area contributed by atoms with E-state index in [0.717, 1.165) is 26.9 Å². The second kappa shape index (κ2) is 5.95. The third-order valence-corrected chi connectivity index (χ3v) is 4.49. The van der Waals surface area contributed by atoms with E-state index in [1.54, 1.807) is 11.8 Å². The second-order valence-electron chi connectivity index (χ2n) is 4.51. The highest BCUT2D eigenvalue weighted by Gasteiger charge is 2.17. The Labute approximate surface area is 135 Å². The maximum Gasteiger partial charge on any atom is 0.230 e. The van der Waals surface area contributed by atoms with Crippen molar-refractivity contribution in [3.8, 4) is 22.4 Å². The molecule has 0 saturated carbocycles. The van der Waals surface area contributed by atoms with Gasteiger partial charge in [0, 0.05) is 14.9 Å². The zero-order valence-electron chi connectivity index (χ0n) is 11.3. The zero-order chi connectivity index (χ0) is 14.8. The van der Waals surface area contributed by atoms with E-state index in [-0.39, 0.29) is 0 Å². The fourth-order valence-corrected chi connectivity index (χ4v) is 2.82. The van der Waals surface area contributed by atoms with Crippen molar-refractivity contribution in [3.05, 3.63) is 53.0 Å². The van der Waals surface area contributed by atoms with Gasteiger partial charge in [-0.15, -0.1) is 11.8 Å². The van der Waals surface area contributed by atoms with Crippen LogP contribution in [-0.2, 0) is 0 Å². The maximum absolute atomic E-state index is 5.96. The van der Waals surface area contributed by atoms with Crippen LogP contribution in [0.3, 0.4) is 0 Å². The van der Waals surface area contributed by atoms with Crippen LogP contribution < -0.4 is 5.73 Å². The van der Waals surface area contributed by atoms with Crippen molar-refractivity contribution in [2.24, 2.45) is 0 Å². The number of rotatable bonds is 3. The highest BCUT2D eigenvalue weighted by atomic mass is 79.9. The number of nitrogen functional groups attached to an aromatic ring is 1. The summed E-state index contributed by atoms with van der Waals surface area (Å²) in [5.74, 6) is 0.335. The summed E-state index contributed by atoms with van der Waals surface area (Å²) in [4.78, 5) is 1.21. The van der Waals surface area contributed by atoms with Crippen LogP contribution in [0, 0.1) is 0 Å². The number of aromatic nitrogens is 1. The first-order valence-electron chi connectivity index (χ1n) is 6.34. The monoisotopic (exact) mass is 360 g/mol. The molecule has 21 heavy (non-hydrogen) atoms. The predicted octanol–water partition coefficient (Wildman–Crippen LogP) is 5.08. The molecular weight excluding hydrogens is 348 g/mol. The van der Waals surface area contributed by atoms with Crippen molar-refractivity contribution in [2.75, 3.05) is 12.0 Å². The van der Waals surface area contributed by atoms with Crippen LogP contribution in [-0.4, -0.2) is 11.4 Å². The Morgan fingerprint density at radius 1 is 1.00 bits per heavy atom. The molecule has 5 heteroatoms. The second-order valence-corrected chi connectivity index (χ2v) is 6.30. The van der Waals surface area contributed by atoms with Gasteiger partial charge in [0.05, 0.1) is 5.56 Å². The summed E-state index contributed by atoms with van der Waals surface area (Å²) < 4.78 is 6.22. The lowest BCUT2D eigenvalue weighted by atomic mass is 10.0. The lowest BCUT2D eigenvalue weighted by Crippen LogP contribution is -1.87. The molecule has 2 N–H and O–H groups in total. The van der Waals surface area contributed by atoms with Crippen molar-refractivity contribution < 1.29 is 4.52 Å². The Balaban J connectivity index is 2.09. The van der Waals surface area contributed by atoms with Crippen molar-refractivity contribution in [2.45, 2.75) is 4.90 Å². The van der Waals surface area contributed by atoms with E-state index in [1.807, 2.05) is 36.4 Å². The van der Waals surface area contributed by atoms with Gasteiger partial charge in [-0.1, -0.05) is 45.4 Å². The minimum absolute atomic E-state index is 0.335. The first-order chi connectivity index (χ1) is 10.2. The Kier molecular flexibility index (Phi) is 4.03. The van der Waals surface area contributed by atoms with Crippen LogP contribution in [0.15, 0.2) is 62.4 Å². The van der Waals surface area contributed by atoms with Gasteiger partial charge in [-0.2, -0.15) is 0 Å². The van der Waals surface area contributed by atoms with Crippen LogP contribution in [0.5, 0.6) is 0 Å². The Morgan fingerprint density at radius 3 is 2.24 bits per heavy atom. The molecule has 106 valence electrons. The minimum Gasteiger partial charge on any atom is -0.367 e. The zero-order valence-corrected chi connectivity index (χ0v) is 13.7. The third kappa shape index (κ3) is 2.84. The Morgan fingerprint density at radius 2 is 1.62 bits per heavy atom. The van der Waals surface area contributed by atoms with E-state index in [4.69, 9.17) is 10.3 Å². The number of thioether (sulfide) groups is 1. The summed E-state index contributed by atoms with van der Waals surface area (Å²) in [6, 6.07) is 16.1. The molecule has 0 spiro atoms. The number of hydrogen-bond donors (Lipinski definition) is 1. The molecule has 0 aliphatic heterocycles. The Hall–Kier alpha value is -1.72. The van der Waals surface area contributed by atoms with Crippen LogP contribution >= 0.6 is 27.7 Å². The van der Waals surface area contributed by atoms with E-state index in [2.05, 4.69) is 39.5 Å². The van der Waals surface area contributed by atoms with Crippen molar-refractivity contribution in [3.63, 3.8) is 0 Å². The van der Waals surface area contributed by atoms with Crippen molar-refractivity contribution in [1.29, 1.82) is 0 Å². The number of anilines is 1. The molecule has 3 rings (SSSR count). The smallest absolute Gasteiger partial charge is 0.230 e. The molecule has 0 atom stereocenters. The molecule has 3 nitrogen and oxygen atoms in total. The quantitative estimate of drug-likeness (QED) is 0.662. The molecular formula is C16H13BrN2OS. The van der Waals surface area contributed by atoms with Gasteiger partial charge in [0.25, 0.3) is 0 Å². The molecule has 0 amide bonds. The van der Waals surface area contributed by atoms with E-state index < -0.39 is 0 Å². The summed E-state index contributed by atoms with van der Waals surface area (Å²) in [6.45, 7) is 0. The van der Waals surface area contributed by atoms with Crippen LogP contribution in [0.4, 0.5) is 5.88 Å². The highest BCUT2D eigenvalue weighted by Crippen LogP contribution is 2.37. The summed E-state index contributed by atoms with van der Waals surface area (Å²) in [5.41, 5.74) is 9.54. The molecule has 0 fully saturated rings. The Bertz CT molecular complexity index is 751. The lowest BCUT2D eigenvalue weighted by Gasteiger charge is -2.04. The normalized spacial score (nSPS) is 10.8. The van der Waals surface area contributed by atoms with Gasteiger partial charge in [0.1, 0.15) is 5.69 Å². The van der Waals surface area contributed by atoms with Crippen molar-refractivity contribution in [1.82, 2.24) is 5.16 Å². The van der Waals surface area contributed by atoms with Gasteiger partial charge in [0.15, 0.2) is 0 Å². The van der Waals surface area contributed by atoms with Gasteiger partial charge in [-0.3, -0.25) is 0 Å². The first-order valence-corrected chi connectivity index (χ1v) is 8.36. The minimum atomic E-state index is 0.335. The number of benzene rings is 2. The molecule has 0 aliphatic rings. The highest BCUT2D eigenvalue weighted by molar-refractivity contribution is 9.10. The molecule has 0 radical (unpaired) electrons. The van der Waals surface area contributed by atoms with Gasteiger partial charge < -0.3 is 10.3 Å². The molecule has 1 aromatic heterocycles. The molecule has 2 aromatic carbocycles. The standard InChI is InChI=1S/C16H13BrN2OS/c1-21-13-8-4-11(5-9-13)15-14(16(18)20-19-15)10-2-6-12(17)7-3-10/h2-9H,18H2,1H3. The summed E-state index contributed by atoms with van der Waals surface area (Å²) >= 11 is 5.14. The molecule has 3 aromatic rings.